The summed E-state index contributed by atoms with van der Waals surface area (Å²) >= 11 is 0. The van der Waals surface area contributed by atoms with Crippen LogP contribution in [0.2, 0.25) is 0 Å². The molecule has 0 aliphatic rings. The number of benzene rings is 3. The summed E-state index contributed by atoms with van der Waals surface area (Å²) in [5.41, 5.74) is 6.56. The Kier molecular flexibility index (Phi) is 9.42. The van der Waals surface area contributed by atoms with Gasteiger partial charge in [-0.3, -0.25) is 14.4 Å². The van der Waals surface area contributed by atoms with Crippen LogP contribution in [0.5, 0.6) is 0 Å². The normalized spacial score (nSPS) is 12.5. The smallest absolute Gasteiger partial charge is 0.326 e. The number of carbonyl (C=O) groups excluding carboxylic acids is 3. The van der Waals surface area contributed by atoms with E-state index in [1.807, 2.05) is 48.5 Å². The third-order valence-corrected chi connectivity index (χ3v) is 6.63. The van der Waals surface area contributed by atoms with Crippen molar-refractivity contribution in [1.29, 1.82) is 0 Å². The number of H-pyrrole nitrogens is 1. The van der Waals surface area contributed by atoms with Crippen LogP contribution in [0.1, 0.15) is 35.3 Å². The molecule has 1 aromatic heterocycles. The van der Waals surface area contributed by atoms with Crippen LogP contribution in [-0.2, 0) is 20.8 Å². The highest BCUT2D eigenvalue weighted by Gasteiger charge is 2.27. The van der Waals surface area contributed by atoms with Crippen LogP contribution in [0.3, 0.4) is 0 Å². The predicted octanol–water partition coefficient (Wildman–Crippen LogP) is 1.87. The summed E-state index contributed by atoms with van der Waals surface area (Å²) in [6.45, 7) is 0.0288. The first kappa shape index (κ1) is 28.2. The van der Waals surface area contributed by atoms with Crippen molar-refractivity contribution in [2.75, 3.05) is 13.1 Å². The lowest BCUT2D eigenvalue weighted by Gasteiger charge is -2.21. The van der Waals surface area contributed by atoms with E-state index in [2.05, 4.69) is 32.0 Å². The zero-order valence-corrected chi connectivity index (χ0v) is 21.9. The number of carboxylic acids is 1. The van der Waals surface area contributed by atoms with E-state index in [1.54, 1.807) is 0 Å². The van der Waals surface area contributed by atoms with Gasteiger partial charge in [0.15, 0.2) is 0 Å². The van der Waals surface area contributed by atoms with Crippen molar-refractivity contribution >= 4 is 45.2 Å². The van der Waals surface area contributed by atoms with Crippen LogP contribution < -0.4 is 21.7 Å². The highest BCUT2D eigenvalue weighted by Crippen LogP contribution is 2.28. The first-order valence-electron chi connectivity index (χ1n) is 13.1. The number of imidazole rings is 1. The van der Waals surface area contributed by atoms with Gasteiger partial charge >= 0.3 is 5.97 Å². The Morgan fingerprint density at radius 2 is 1.60 bits per heavy atom. The van der Waals surface area contributed by atoms with Crippen LogP contribution in [0, 0.1) is 0 Å². The number of hydrogen-bond acceptors (Lipinski definition) is 6. The van der Waals surface area contributed by atoms with Gasteiger partial charge in [-0.25, -0.2) is 9.78 Å². The van der Waals surface area contributed by atoms with Gasteiger partial charge < -0.3 is 31.8 Å². The van der Waals surface area contributed by atoms with E-state index in [4.69, 9.17) is 5.73 Å². The maximum Gasteiger partial charge on any atom is 0.326 e. The van der Waals surface area contributed by atoms with E-state index in [-0.39, 0.29) is 25.3 Å². The number of aliphatic carboxylic acids is 1. The standard InChI is InChI=1S/C29H32N6O5/c30-15-25(36)34-24(14-20-16-31-17-33-20)27(37)35-23(29(39)40)11-5-6-12-32-28(38)26-21-9-3-1-7-18(21)13-19-8-2-4-10-22(19)26/h1-4,7-10,13,16-17,23-24H,5-6,11-12,14-15,30H2,(H,31,33)(H,32,38)(H,34,36)(H,35,37)(H,39,40)/t23-,24-/m0/s1. The summed E-state index contributed by atoms with van der Waals surface area (Å²) < 4.78 is 0. The molecule has 0 spiro atoms. The highest BCUT2D eigenvalue weighted by atomic mass is 16.4. The number of amides is 3. The summed E-state index contributed by atoms with van der Waals surface area (Å²) in [5, 5.41) is 21.3. The second-order valence-electron chi connectivity index (χ2n) is 9.45. The number of nitrogens with one attached hydrogen (secondary N) is 4. The minimum absolute atomic E-state index is 0.0960. The summed E-state index contributed by atoms with van der Waals surface area (Å²) in [6, 6.07) is 15.3. The Bertz CT molecular complexity index is 1450. The molecule has 0 bridgehead atoms. The van der Waals surface area contributed by atoms with E-state index in [0.717, 1.165) is 21.5 Å². The maximum absolute atomic E-state index is 13.2. The number of nitrogens with two attached hydrogens (primary N) is 1. The molecule has 3 amide bonds. The molecule has 208 valence electrons. The zero-order valence-electron chi connectivity index (χ0n) is 21.9. The first-order valence-corrected chi connectivity index (χ1v) is 13.1. The van der Waals surface area contributed by atoms with Crippen LogP contribution >= 0.6 is 0 Å². The van der Waals surface area contributed by atoms with Crippen LogP contribution in [0.4, 0.5) is 0 Å². The van der Waals surface area contributed by atoms with Crippen molar-refractivity contribution in [3.8, 4) is 0 Å². The average molecular weight is 545 g/mol. The number of rotatable bonds is 13. The van der Waals surface area contributed by atoms with E-state index >= 15 is 0 Å². The number of aromatic amines is 1. The Hall–Kier alpha value is -4.77. The van der Waals surface area contributed by atoms with Gasteiger partial charge in [0.25, 0.3) is 5.91 Å². The lowest BCUT2D eigenvalue weighted by molar-refractivity contribution is -0.142. The van der Waals surface area contributed by atoms with Gasteiger partial charge in [0, 0.05) is 24.9 Å². The number of hydrogen-bond donors (Lipinski definition) is 6. The quantitative estimate of drug-likeness (QED) is 0.110. The van der Waals surface area contributed by atoms with Crippen LogP contribution in [-0.4, -0.2) is 63.9 Å². The summed E-state index contributed by atoms with van der Waals surface area (Å²) in [7, 11) is 0. The zero-order chi connectivity index (χ0) is 28.5. The van der Waals surface area contributed by atoms with Gasteiger partial charge in [0.1, 0.15) is 12.1 Å². The molecule has 11 nitrogen and oxygen atoms in total. The van der Waals surface area contributed by atoms with Crippen LogP contribution in [0.15, 0.2) is 67.1 Å². The van der Waals surface area contributed by atoms with E-state index < -0.39 is 29.9 Å². The molecule has 40 heavy (non-hydrogen) atoms. The molecule has 3 aromatic carbocycles. The molecule has 2 atom stereocenters. The molecule has 1 heterocycles. The van der Waals surface area contributed by atoms with E-state index in [1.165, 1.54) is 12.5 Å². The molecular weight excluding hydrogens is 512 g/mol. The second-order valence-corrected chi connectivity index (χ2v) is 9.45. The second kappa shape index (κ2) is 13.3. The molecule has 0 unspecified atom stereocenters. The number of fused-ring (bicyclic) bond motifs is 2. The van der Waals surface area contributed by atoms with Gasteiger partial charge in [0.05, 0.1) is 18.4 Å². The molecule has 0 saturated heterocycles. The third kappa shape index (κ3) is 7.00. The van der Waals surface area contributed by atoms with Crippen molar-refractivity contribution in [1.82, 2.24) is 25.9 Å². The molecule has 0 radical (unpaired) electrons. The van der Waals surface area contributed by atoms with Gasteiger partial charge in [-0.1, -0.05) is 48.5 Å². The van der Waals surface area contributed by atoms with Crippen molar-refractivity contribution in [2.45, 2.75) is 37.8 Å². The topological polar surface area (TPSA) is 179 Å². The predicted molar refractivity (Wildman–Crippen MR) is 150 cm³/mol. The Morgan fingerprint density at radius 3 is 2.20 bits per heavy atom. The summed E-state index contributed by atoms with van der Waals surface area (Å²) in [6.07, 6.45) is 4.15. The highest BCUT2D eigenvalue weighted by molar-refractivity contribution is 6.18. The van der Waals surface area contributed by atoms with E-state index in [9.17, 15) is 24.3 Å². The monoisotopic (exact) mass is 544 g/mol. The molecule has 4 aromatic rings. The summed E-state index contributed by atoms with van der Waals surface area (Å²) in [4.78, 5) is 56.5. The molecule has 0 aliphatic carbocycles. The van der Waals surface area contributed by atoms with Crippen molar-refractivity contribution in [2.24, 2.45) is 5.73 Å². The lowest BCUT2D eigenvalue weighted by Crippen LogP contribution is -2.53. The van der Waals surface area contributed by atoms with Gasteiger partial charge in [-0.15, -0.1) is 0 Å². The molecule has 11 heteroatoms. The number of carbonyl (C=O) groups is 4. The SMILES string of the molecule is NCC(=O)N[C@@H](Cc1cnc[nH]1)C(=O)N[C@@H](CCCCNC(=O)c1c2ccccc2cc2ccccc12)C(=O)O. The molecule has 0 saturated carbocycles. The van der Waals surface area contributed by atoms with Crippen molar-refractivity contribution in [3.05, 3.63) is 78.4 Å². The number of unbranched alkanes of at least 4 members (excludes halogenated alkanes) is 1. The van der Waals surface area contributed by atoms with Crippen LogP contribution in [0.25, 0.3) is 21.5 Å². The number of carboxylic acid groups (broad SMARTS) is 1. The fourth-order valence-electron chi connectivity index (χ4n) is 4.63. The van der Waals surface area contributed by atoms with Gasteiger partial charge in [0.2, 0.25) is 11.8 Å². The molecule has 4 rings (SSSR count). The maximum atomic E-state index is 13.2. The first-order chi connectivity index (χ1) is 19.4. The largest absolute Gasteiger partial charge is 0.480 e. The Morgan fingerprint density at radius 1 is 0.925 bits per heavy atom. The van der Waals surface area contributed by atoms with E-state index in [0.29, 0.717) is 30.6 Å². The molecule has 0 aliphatic heterocycles. The Labute approximate surface area is 230 Å². The van der Waals surface area contributed by atoms with Gasteiger partial charge in [-0.05, 0) is 46.9 Å². The lowest BCUT2D eigenvalue weighted by atomic mass is 9.96. The molecule has 0 fully saturated rings. The fourth-order valence-corrected chi connectivity index (χ4v) is 4.63. The van der Waals surface area contributed by atoms with Gasteiger partial charge in [-0.2, -0.15) is 0 Å². The number of aromatic nitrogens is 2. The minimum Gasteiger partial charge on any atom is -0.480 e. The fraction of sp³-hybridized carbons (Fsp3) is 0.276. The summed E-state index contributed by atoms with van der Waals surface area (Å²) in [5.74, 6) is -2.57. The van der Waals surface area contributed by atoms with Crippen molar-refractivity contribution in [3.63, 3.8) is 0 Å². The molecule has 7 N–H and O–H groups in total. The number of nitrogens with zero attached hydrogens (tertiary/aromatic N) is 1. The third-order valence-electron chi connectivity index (χ3n) is 6.63. The average Bonchev–Trinajstić information content (AvgIpc) is 3.47. The van der Waals surface area contributed by atoms with Crippen molar-refractivity contribution < 1.29 is 24.3 Å². The minimum atomic E-state index is -1.19. The molecular formula is C29H32N6O5. The Balaban J connectivity index is 1.33.